The third-order valence-corrected chi connectivity index (χ3v) is 1.96. The summed E-state index contributed by atoms with van der Waals surface area (Å²) >= 11 is 5.68. The van der Waals surface area contributed by atoms with E-state index in [1.807, 2.05) is 0 Å². The minimum Gasteiger partial charge on any atom is -0.383 e. The Hall–Kier alpha value is -1.17. The van der Waals surface area contributed by atoms with Gasteiger partial charge in [-0.1, -0.05) is 17.7 Å². The number of carbonyl (C=O) groups excluding carboxylic acids is 1. The third-order valence-electron chi connectivity index (χ3n) is 1.75. The molecule has 88 valence electrons. The van der Waals surface area contributed by atoms with E-state index in [0.29, 0.717) is 24.1 Å². The summed E-state index contributed by atoms with van der Waals surface area (Å²) in [5.74, 6) is 0.289. The normalized spacial score (nSPS) is 10.1. The van der Waals surface area contributed by atoms with Crippen molar-refractivity contribution >= 4 is 23.3 Å². The molecule has 0 atom stereocenters. The number of anilines is 1. The summed E-state index contributed by atoms with van der Waals surface area (Å²) < 4.78 is 4.83. The number of hydrogen-bond donors (Lipinski definition) is 2. The SMILES string of the molecule is COCCNCC(=O)Nc1cccc(Cl)n1. The fourth-order valence-electron chi connectivity index (χ4n) is 1.04. The van der Waals surface area contributed by atoms with Gasteiger partial charge in [0.25, 0.3) is 0 Å². The maximum absolute atomic E-state index is 11.4. The van der Waals surface area contributed by atoms with Crippen LogP contribution in [-0.2, 0) is 9.53 Å². The molecule has 2 N–H and O–H groups in total. The van der Waals surface area contributed by atoms with E-state index >= 15 is 0 Å². The number of nitrogens with zero attached hydrogens (tertiary/aromatic N) is 1. The molecule has 0 spiro atoms. The molecule has 0 aliphatic rings. The van der Waals surface area contributed by atoms with Gasteiger partial charge in [-0.2, -0.15) is 0 Å². The number of amides is 1. The number of rotatable bonds is 6. The molecule has 0 aromatic carbocycles. The minimum atomic E-state index is -0.161. The summed E-state index contributed by atoms with van der Waals surface area (Å²) in [5, 5.41) is 5.90. The van der Waals surface area contributed by atoms with Crippen molar-refractivity contribution in [1.29, 1.82) is 0 Å². The van der Waals surface area contributed by atoms with Crippen molar-refractivity contribution in [2.75, 3.05) is 32.1 Å². The summed E-state index contributed by atoms with van der Waals surface area (Å²) in [5.41, 5.74) is 0. The Morgan fingerprint density at radius 1 is 1.56 bits per heavy atom. The Morgan fingerprint density at radius 2 is 2.38 bits per heavy atom. The second-order valence-corrected chi connectivity index (χ2v) is 3.45. The number of hydrogen-bond acceptors (Lipinski definition) is 4. The second-order valence-electron chi connectivity index (χ2n) is 3.06. The van der Waals surface area contributed by atoms with Crippen molar-refractivity contribution in [3.8, 4) is 0 Å². The van der Waals surface area contributed by atoms with Crippen molar-refractivity contribution in [2.45, 2.75) is 0 Å². The standard InChI is InChI=1S/C10H14ClN3O2/c1-16-6-5-12-7-10(15)14-9-4-2-3-8(11)13-9/h2-4,12H,5-7H2,1H3,(H,13,14,15). The van der Waals surface area contributed by atoms with E-state index in [1.54, 1.807) is 25.3 Å². The van der Waals surface area contributed by atoms with Gasteiger partial charge in [-0.25, -0.2) is 4.98 Å². The van der Waals surface area contributed by atoms with E-state index in [0.717, 1.165) is 0 Å². The molecule has 1 amide bonds. The lowest BCUT2D eigenvalue weighted by atomic mass is 10.4. The molecule has 1 rings (SSSR count). The fourth-order valence-corrected chi connectivity index (χ4v) is 1.20. The Bertz CT molecular complexity index is 347. The van der Waals surface area contributed by atoms with Crippen LogP contribution in [0.25, 0.3) is 0 Å². The van der Waals surface area contributed by atoms with E-state index in [-0.39, 0.29) is 12.5 Å². The first-order valence-corrected chi connectivity index (χ1v) is 5.22. The van der Waals surface area contributed by atoms with Crippen molar-refractivity contribution in [2.24, 2.45) is 0 Å². The first kappa shape index (κ1) is 12.9. The zero-order chi connectivity index (χ0) is 11.8. The van der Waals surface area contributed by atoms with E-state index in [2.05, 4.69) is 15.6 Å². The molecule has 1 aromatic heterocycles. The van der Waals surface area contributed by atoms with Crippen molar-refractivity contribution in [3.05, 3.63) is 23.4 Å². The van der Waals surface area contributed by atoms with Crippen molar-refractivity contribution in [3.63, 3.8) is 0 Å². The largest absolute Gasteiger partial charge is 0.383 e. The zero-order valence-electron chi connectivity index (χ0n) is 9.00. The molecule has 0 unspecified atom stereocenters. The fraction of sp³-hybridized carbons (Fsp3) is 0.400. The average Bonchev–Trinajstić information content (AvgIpc) is 2.24. The van der Waals surface area contributed by atoms with Crippen LogP contribution in [0.5, 0.6) is 0 Å². The van der Waals surface area contributed by atoms with Gasteiger partial charge in [0.1, 0.15) is 11.0 Å². The quantitative estimate of drug-likeness (QED) is 0.576. The molecule has 0 saturated heterocycles. The van der Waals surface area contributed by atoms with Crippen LogP contribution in [0.3, 0.4) is 0 Å². The highest BCUT2D eigenvalue weighted by Crippen LogP contribution is 2.08. The molecule has 16 heavy (non-hydrogen) atoms. The number of aromatic nitrogens is 1. The van der Waals surface area contributed by atoms with Gasteiger partial charge in [-0.05, 0) is 12.1 Å². The summed E-state index contributed by atoms with van der Waals surface area (Å²) in [4.78, 5) is 15.3. The van der Waals surface area contributed by atoms with Crippen LogP contribution in [0.2, 0.25) is 5.15 Å². The summed E-state index contributed by atoms with van der Waals surface area (Å²) in [6.07, 6.45) is 0. The first-order valence-electron chi connectivity index (χ1n) is 4.84. The summed E-state index contributed by atoms with van der Waals surface area (Å²) in [7, 11) is 1.61. The monoisotopic (exact) mass is 243 g/mol. The number of ether oxygens (including phenoxy) is 1. The van der Waals surface area contributed by atoms with Gasteiger partial charge >= 0.3 is 0 Å². The highest BCUT2D eigenvalue weighted by Gasteiger charge is 2.02. The first-order chi connectivity index (χ1) is 7.72. The average molecular weight is 244 g/mol. The smallest absolute Gasteiger partial charge is 0.239 e. The lowest BCUT2D eigenvalue weighted by Gasteiger charge is -2.05. The highest BCUT2D eigenvalue weighted by atomic mass is 35.5. The molecule has 0 radical (unpaired) electrons. The van der Waals surface area contributed by atoms with Crippen LogP contribution < -0.4 is 10.6 Å². The summed E-state index contributed by atoms with van der Waals surface area (Å²) in [6, 6.07) is 5.05. The van der Waals surface area contributed by atoms with Gasteiger partial charge in [0.15, 0.2) is 0 Å². The molecule has 1 aromatic rings. The van der Waals surface area contributed by atoms with Crippen LogP contribution in [0.1, 0.15) is 0 Å². The molecule has 5 nitrogen and oxygen atoms in total. The Morgan fingerprint density at radius 3 is 3.06 bits per heavy atom. The van der Waals surface area contributed by atoms with Crippen molar-refractivity contribution in [1.82, 2.24) is 10.3 Å². The van der Waals surface area contributed by atoms with Crippen LogP contribution in [0, 0.1) is 0 Å². The van der Waals surface area contributed by atoms with Crippen LogP contribution >= 0.6 is 11.6 Å². The Labute approximate surface area is 99.2 Å². The Kier molecular flexibility index (Phi) is 5.77. The van der Waals surface area contributed by atoms with E-state index in [9.17, 15) is 4.79 Å². The van der Waals surface area contributed by atoms with Gasteiger partial charge < -0.3 is 15.4 Å². The number of nitrogens with one attached hydrogen (secondary N) is 2. The third kappa shape index (κ3) is 5.06. The number of carbonyl (C=O) groups is 1. The molecular formula is C10H14ClN3O2. The highest BCUT2D eigenvalue weighted by molar-refractivity contribution is 6.29. The van der Waals surface area contributed by atoms with Gasteiger partial charge in [-0.3, -0.25) is 4.79 Å². The van der Waals surface area contributed by atoms with Crippen molar-refractivity contribution < 1.29 is 9.53 Å². The molecule has 0 bridgehead atoms. The van der Waals surface area contributed by atoms with E-state index < -0.39 is 0 Å². The number of halogens is 1. The lowest BCUT2D eigenvalue weighted by Crippen LogP contribution is -2.30. The number of methoxy groups -OCH3 is 1. The maximum atomic E-state index is 11.4. The molecule has 0 aliphatic heterocycles. The van der Waals surface area contributed by atoms with Gasteiger partial charge in [-0.15, -0.1) is 0 Å². The summed E-state index contributed by atoms with van der Waals surface area (Å²) in [6.45, 7) is 1.42. The number of pyridine rings is 1. The molecular weight excluding hydrogens is 230 g/mol. The minimum absolute atomic E-state index is 0.161. The van der Waals surface area contributed by atoms with Crippen LogP contribution in [0.15, 0.2) is 18.2 Å². The zero-order valence-corrected chi connectivity index (χ0v) is 9.75. The molecule has 6 heteroatoms. The van der Waals surface area contributed by atoms with E-state index in [1.165, 1.54) is 0 Å². The van der Waals surface area contributed by atoms with Gasteiger partial charge in [0.2, 0.25) is 5.91 Å². The van der Waals surface area contributed by atoms with Crippen LogP contribution in [0.4, 0.5) is 5.82 Å². The van der Waals surface area contributed by atoms with Gasteiger partial charge in [0.05, 0.1) is 13.2 Å². The lowest BCUT2D eigenvalue weighted by molar-refractivity contribution is -0.115. The molecule has 1 heterocycles. The Balaban J connectivity index is 2.29. The topological polar surface area (TPSA) is 63.2 Å². The van der Waals surface area contributed by atoms with Crippen LogP contribution in [-0.4, -0.2) is 37.7 Å². The molecule has 0 fully saturated rings. The second kappa shape index (κ2) is 7.16. The van der Waals surface area contributed by atoms with E-state index in [4.69, 9.17) is 16.3 Å². The molecule has 0 saturated carbocycles. The maximum Gasteiger partial charge on any atom is 0.239 e. The predicted molar refractivity (Wildman–Crippen MR) is 62.6 cm³/mol. The predicted octanol–water partition coefficient (Wildman–Crippen LogP) is 0.909. The van der Waals surface area contributed by atoms with Gasteiger partial charge in [0, 0.05) is 13.7 Å². The molecule has 0 aliphatic carbocycles.